The van der Waals surface area contributed by atoms with E-state index >= 15 is 0 Å². The Kier molecular flexibility index (Phi) is 7.32. The Morgan fingerprint density at radius 2 is 1.87 bits per heavy atom. The lowest BCUT2D eigenvalue weighted by molar-refractivity contribution is -0.118. The first-order chi connectivity index (χ1) is 15.0. The summed E-state index contributed by atoms with van der Waals surface area (Å²) in [5.41, 5.74) is 1.45. The van der Waals surface area contributed by atoms with Crippen molar-refractivity contribution >= 4 is 24.2 Å². The molecule has 0 aliphatic carbocycles. The monoisotopic (exact) mass is 439 g/mol. The van der Waals surface area contributed by atoms with E-state index < -0.39 is 12.1 Å². The van der Waals surface area contributed by atoms with Gasteiger partial charge in [0.2, 0.25) is 0 Å². The van der Waals surface area contributed by atoms with Gasteiger partial charge in [-0.15, -0.1) is 12.6 Å². The maximum Gasteiger partial charge on any atom is 0.266 e. The van der Waals surface area contributed by atoms with Gasteiger partial charge in [0.15, 0.2) is 11.5 Å². The van der Waals surface area contributed by atoms with Gasteiger partial charge in [-0.1, -0.05) is 19.4 Å². The Balaban J connectivity index is 2.06. The first-order valence-electron chi connectivity index (χ1n) is 9.92. The highest BCUT2D eigenvalue weighted by molar-refractivity contribution is 7.84. The molecule has 0 saturated carbocycles. The second kappa shape index (κ2) is 10.1. The van der Waals surface area contributed by atoms with Crippen LogP contribution in [0.1, 0.15) is 31.5 Å². The van der Waals surface area contributed by atoms with Crippen molar-refractivity contribution in [2.24, 2.45) is 0 Å². The van der Waals surface area contributed by atoms with Crippen molar-refractivity contribution in [2.45, 2.75) is 25.9 Å². The maximum absolute atomic E-state index is 12.6. The molecular formula is C23H25N3O4S. The number of hydrogen-bond donors (Lipinski definition) is 2. The zero-order valence-corrected chi connectivity index (χ0v) is 18.6. The van der Waals surface area contributed by atoms with Crippen LogP contribution in [0.5, 0.6) is 17.2 Å². The molecule has 1 atom stereocenters. The van der Waals surface area contributed by atoms with Crippen LogP contribution in [0.25, 0.3) is 0 Å². The fourth-order valence-corrected chi connectivity index (χ4v) is 3.64. The van der Waals surface area contributed by atoms with E-state index in [-0.39, 0.29) is 10.6 Å². The number of rotatable bonds is 8. The largest absolute Gasteiger partial charge is 0.497 e. The van der Waals surface area contributed by atoms with E-state index in [4.69, 9.17) is 14.2 Å². The molecule has 0 fully saturated rings. The molecule has 0 radical (unpaired) electrons. The van der Waals surface area contributed by atoms with Gasteiger partial charge in [0.1, 0.15) is 23.6 Å². The molecule has 1 aliphatic heterocycles. The highest BCUT2D eigenvalue weighted by Gasteiger charge is 2.34. The van der Waals surface area contributed by atoms with Crippen molar-refractivity contribution in [3.8, 4) is 23.3 Å². The number of nitrogens with one attached hydrogen (secondary N) is 1. The van der Waals surface area contributed by atoms with Crippen molar-refractivity contribution in [1.29, 1.82) is 5.26 Å². The quantitative estimate of drug-likeness (QED) is 0.474. The topological polar surface area (TPSA) is 83.8 Å². The Morgan fingerprint density at radius 1 is 1.13 bits per heavy atom. The van der Waals surface area contributed by atoms with Gasteiger partial charge in [-0.05, 0) is 48.4 Å². The molecule has 1 N–H and O–H groups in total. The molecule has 0 bridgehead atoms. The van der Waals surface area contributed by atoms with Crippen LogP contribution in [0.4, 0.5) is 5.69 Å². The summed E-state index contributed by atoms with van der Waals surface area (Å²) < 4.78 is 16.6. The van der Waals surface area contributed by atoms with Crippen molar-refractivity contribution in [2.75, 3.05) is 25.7 Å². The van der Waals surface area contributed by atoms with Crippen molar-refractivity contribution in [1.82, 2.24) is 5.32 Å². The van der Waals surface area contributed by atoms with E-state index in [1.807, 2.05) is 42.5 Å². The number of thiol groups is 1. The van der Waals surface area contributed by atoms with Gasteiger partial charge in [-0.2, -0.15) is 5.26 Å². The van der Waals surface area contributed by atoms with Gasteiger partial charge in [-0.3, -0.25) is 4.79 Å². The number of methoxy groups -OCH3 is 2. The molecule has 0 spiro atoms. The van der Waals surface area contributed by atoms with Crippen LogP contribution in [0.15, 0.2) is 53.1 Å². The van der Waals surface area contributed by atoms with Crippen LogP contribution in [0.2, 0.25) is 0 Å². The molecule has 7 nitrogen and oxygen atoms in total. The minimum atomic E-state index is -0.593. The van der Waals surface area contributed by atoms with E-state index in [1.54, 1.807) is 25.2 Å². The zero-order valence-electron chi connectivity index (χ0n) is 17.7. The van der Waals surface area contributed by atoms with Crippen molar-refractivity contribution in [3.63, 3.8) is 0 Å². The number of hydrogen-bond acceptors (Lipinski definition) is 7. The Labute approximate surface area is 187 Å². The summed E-state index contributed by atoms with van der Waals surface area (Å²) in [4.78, 5) is 14.4. The minimum absolute atomic E-state index is 0.0525. The van der Waals surface area contributed by atoms with Gasteiger partial charge < -0.3 is 24.4 Å². The van der Waals surface area contributed by atoms with E-state index in [2.05, 4.69) is 24.9 Å². The van der Waals surface area contributed by atoms with Gasteiger partial charge in [-0.25, -0.2) is 0 Å². The summed E-state index contributed by atoms with van der Waals surface area (Å²) in [7, 11) is 3.18. The standard InChI is InChI=1S/C23H25N3O4S/c1-4-5-12-30-20-13-15(6-11-19(20)29-3)21-25-22(27)18(14-24)23(31)26(21)16-7-9-17(28-2)10-8-16/h6-11,13,21,31H,4-5,12H2,1-3H3,(H,25,27). The number of ether oxygens (including phenoxy) is 3. The summed E-state index contributed by atoms with van der Waals surface area (Å²) in [5, 5.41) is 12.6. The first-order valence-corrected chi connectivity index (χ1v) is 10.4. The number of benzene rings is 2. The van der Waals surface area contributed by atoms with Gasteiger partial charge >= 0.3 is 0 Å². The van der Waals surface area contributed by atoms with Gasteiger partial charge in [0.25, 0.3) is 5.91 Å². The fourth-order valence-electron chi connectivity index (χ4n) is 3.26. The maximum atomic E-state index is 12.6. The molecule has 1 heterocycles. The molecule has 2 aromatic rings. The Bertz CT molecular complexity index is 1010. The lowest BCUT2D eigenvalue weighted by Gasteiger charge is -2.38. The summed E-state index contributed by atoms with van der Waals surface area (Å²) in [6, 6.07) is 14.7. The summed E-state index contributed by atoms with van der Waals surface area (Å²) in [5.74, 6) is 1.42. The van der Waals surface area contributed by atoms with Crippen molar-refractivity contribution < 1.29 is 19.0 Å². The van der Waals surface area contributed by atoms with Gasteiger partial charge in [0, 0.05) is 5.69 Å². The molecule has 31 heavy (non-hydrogen) atoms. The summed E-state index contributed by atoms with van der Waals surface area (Å²) in [6.45, 7) is 2.65. The van der Waals surface area contributed by atoms with E-state index in [9.17, 15) is 10.1 Å². The normalized spacial score (nSPS) is 15.9. The average Bonchev–Trinajstić information content (AvgIpc) is 2.79. The third kappa shape index (κ3) is 4.72. The number of carbonyl (C=O) groups excluding carboxylic acids is 1. The number of amides is 1. The third-order valence-corrected chi connectivity index (χ3v) is 5.37. The highest BCUT2D eigenvalue weighted by Crippen LogP contribution is 2.39. The molecule has 162 valence electrons. The van der Waals surface area contributed by atoms with Crippen molar-refractivity contribution in [3.05, 3.63) is 58.6 Å². The second-order valence-electron chi connectivity index (χ2n) is 6.87. The zero-order chi connectivity index (χ0) is 22.4. The predicted molar refractivity (Wildman–Crippen MR) is 121 cm³/mol. The van der Waals surface area contributed by atoms with Crippen LogP contribution < -0.4 is 24.4 Å². The van der Waals surface area contributed by atoms with Crippen LogP contribution in [-0.2, 0) is 4.79 Å². The molecule has 1 aliphatic rings. The predicted octanol–water partition coefficient (Wildman–Crippen LogP) is 4.18. The van der Waals surface area contributed by atoms with E-state index in [0.29, 0.717) is 23.9 Å². The minimum Gasteiger partial charge on any atom is -0.497 e. The van der Waals surface area contributed by atoms with Crippen LogP contribution in [-0.4, -0.2) is 26.7 Å². The average molecular weight is 440 g/mol. The summed E-state index contributed by atoms with van der Waals surface area (Å²) in [6.07, 6.45) is 1.34. The number of carbonyl (C=O) groups is 1. The number of nitriles is 1. The molecule has 2 aromatic carbocycles. The molecule has 8 heteroatoms. The van der Waals surface area contributed by atoms with Crippen LogP contribution >= 0.6 is 12.6 Å². The molecule has 1 amide bonds. The number of anilines is 1. The number of unbranched alkanes of at least 4 members (excludes halogenated alkanes) is 1. The smallest absolute Gasteiger partial charge is 0.266 e. The molecule has 3 rings (SSSR count). The third-order valence-electron chi connectivity index (χ3n) is 4.93. The van der Waals surface area contributed by atoms with E-state index in [1.165, 1.54) is 0 Å². The molecule has 0 saturated heterocycles. The Hall–Kier alpha value is -3.31. The van der Waals surface area contributed by atoms with Gasteiger partial charge in [0.05, 0.1) is 25.9 Å². The Morgan fingerprint density at radius 3 is 2.48 bits per heavy atom. The first kappa shape index (κ1) is 22.4. The molecule has 1 unspecified atom stereocenters. The lowest BCUT2D eigenvalue weighted by atomic mass is 10.1. The highest BCUT2D eigenvalue weighted by atomic mass is 32.1. The lowest BCUT2D eigenvalue weighted by Crippen LogP contribution is -2.46. The molecule has 0 aromatic heterocycles. The molecular weight excluding hydrogens is 414 g/mol. The fraction of sp³-hybridized carbons (Fsp3) is 0.304. The summed E-state index contributed by atoms with van der Waals surface area (Å²) >= 11 is 4.53. The number of nitrogens with zero attached hydrogens (tertiary/aromatic N) is 2. The SMILES string of the molecule is CCCCOc1cc(C2NC(=O)C(C#N)=C(S)N2c2ccc(OC)cc2)ccc1OC. The second-order valence-corrected chi connectivity index (χ2v) is 7.29. The van der Waals surface area contributed by atoms with Crippen LogP contribution in [0.3, 0.4) is 0 Å². The van der Waals surface area contributed by atoms with Crippen LogP contribution in [0, 0.1) is 11.3 Å². The van der Waals surface area contributed by atoms with E-state index in [0.717, 1.165) is 24.1 Å².